The maximum absolute atomic E-state index is 12.9. The van der Waals surface area contributed by atoms with Crippen LogP contribution in [0.25, 0.3) is 0 Å². The molecule has 2 aromatic rings. The molecule has 2 aromatic heterocycles. The average molecular weight is 422 g/mol. The minimum absolute atomic E-state index is 0.0576. The zero-order valence-corrected chi connectivity index (χ0v) is 15.9. The Kier molecular flexibility index (Phi) is 5.60. The number of hydrogen-bond acceptors (Lipinski definition) is 3. The molecular formula is C15H19BrF3N5O. The zero-order valence-electron chi connectivity index (χ0n) is 14.4. The van der Waals surface area contributed by atoms with Gasteiger partial charge in [0, 0.05) is 38.8 Å². The molecule has 0 unspecified atom stereocenters. The van der Waals surface area contributed by atoms with Gasteiger partial charge in [-0.3, -0.25) is 14.2 Å². The van der Waals surface area contributed by atoms with Crippen LogP contribution in [0.4, 0.5) is 13.2 Å². The second-order valence-electron chi connectivity index (χ2n) is 5.88. The largest absolute Gasteiger partial charge is 0.436 e. The van der Waals surface area contributed by atoms with Gasteiger partial charge in [0.15, 0.2) is 5.69 Å². The van der Waals surface area contributed by atoms with Crippen molar-refractivity contribution in [3.8, 4) is 0 Å². The van der Waals surface area contributed by atoms with E-state index < -0.39 is 11.9 Å². The van der Waals surface area contributed by atoms with E-state index in [-0.39, 0.29) is 23.3 Å². The van der Waals surface area contributed by atoms with E-state index in [4.69, 9.17) is 0 Å². The number of rotatable bonds is 5. The summed E-state index contributed by atoms with van der Waals surface area (Å²) in [5.41, 5.74) is 1.13. The fraction of sp³-hybridized carbons (Fsp3) is 0.533. The predicted molar refractivity (Wildman–Crippen MR) is 88.7 cm³/mol. The fourth-order valence-corrected chi connectivity index (χ4v) is 2.97. The number of aryl methyl sites for hydroxylation is 3. The normalized spacial score (nSPS) is 11.8. The molecule has 0 spiro atoms. The Bertz CT molecular complexity index is 781. The Morgan fingerprint density at radius 3 is 2.44 bits per heavy atom. The Morgan fingerprint density at radius 1 is 1.32 bits per heavy atom. The summed E-state index contributed by atoms with van der Waals surface area (Å²) >= 11 is 2.92. The van der Waals surface area contributed by atoms with Crippen LogP contribution in [0.1, 0.15) is 29.1 Å². The van der Waals surface area contributed by atoms with Gasteiger partial charge in [0.1, 0.15) is 0 Å². The molecule has 25 heavy (non-hydrogen) atoms. The Hall–Kier alpha value is -1.84. The van der Waals surface area contributed by atoms with Gasteiger partial charge in [-0.05, 0) is 29.8 Å². The summed E-state index contributed by atoms with van der Waals surface area (Å²) in [4.78, 5) is 13.8. The number of alkyl halides is 3. The van der Waals surface area contributed by atoms with Gasteiger partial charge in [-0.2, -0.15) is 23.4 Å². The van der Waals surface area contributed by atoms with E-state index in [9.17, 15) is 18.0 Å². The molecule has 2 heterocycles. The van der Waals surface area contributed by atoms with Gasteiger partial charge in [0.25, 0.3) is 0 Å². The van der Waals surface area contributed by atoms with Crippen LogP contribution >= 0.6 is 15.9 Å². The molecule has 0 bridgehead atoms. The van der Waals surface area contributed by atoms with Crippen molar-refractivity contribution < 1.29 is 18.0 Å². The van der Waals surface area contributed by atoms with E-state index in [1.54, 1.807) is 18.8 Å². The number of halogens is 4. The van der Waals surface area contributed by atoms with Crippen molar-refractivity contribution >= 4 is 21.8 Å². The maximum atomic E-state index is 12.9. The van der Waals surface area contributed by atoms with E-state index in [0.29, 0.717) is 12.2 Å². The van der Waals surface area contributed by atoms with E-state index in [2.05, 4.69) is 26.1 Å². The summed E-state index contributed by atoms with van der Waals surface area (Å²) in [6.07, 6.45) is -2.64. The first-order valence-electron chi connectivity index (χ1n) is 7.54. The van der Waals surface area contributed by atoms with E-state index in [1.807, 2.05) is 13.1 Å². The van der Waals surface area contributed by atoms with Crippen LogP contribution in [-0.2, 0) is 31.1 Å². The molecule has 0 fully saturated rings. The number of carbonyl (C=O) groups excluding carboxylic acids is 1. The molecular weight excluding hydrogens is 403 g/mol. The molecule has 0 N–H and O–H groups in total. The second kappa shape index (κ2) is 7.19. The molecule has 1 amide bonds. The molecule has 0 saturated heterocycles. The lowest BCUT2D eigenvalue weighted by molar-refractivity contribution is -0.142. The van der Waals surface area contributed by atoms with Crippen LogP contribution in [0.3, 0.4) is 0 Å². The third-order valence-corrected chi connectivity index (χ3v) is 4.84. The van der Waals surface area contributed by atoms with E-state index in [0.717, 1.165) is 11.3 Å². The molecule has 2 rings (SSSR count). The monoisotopic (exact) mass is 421 g/mol. The summed E-state index contributed by atoms with van der Waals surface area (Å²) in [6, 6.07) is 0. The Morgan fingerprint density at radius 2 is 1.96 bits per heavy atom. The number of carbonyl (C=O) groups is 1. The van der Waals surface area contributed by atoms with Crippen molar-refractivity contribution in [2.24, 2.45) is 7.05 Å². The number of hydrogen-bond donors (Lipinski definition) is 0. The average Bonchev–Trinajstić information content (AvgIpc) is 2.96. The Balaban J connectivity index is 2.01. The SMILES string of the molecule is Cc1nn(C)cc1CN(C)C(=O)CCn1nc(C(F)(F)F)c(Br)c1C. The number of amides is 1. The van der Waals surface area contributed by atoms with Crippen molar-refractivity contribution in [1.82, 2.24) is 24.5 Å². The topological polar surface area (TPSA) is 56.0 Å². The van der Waals surface area contributed by atoms with Crippen LogP contribution in [0.5, 0.6) is 0 Å². The van der Waals surface area contributed by atoms with Crippen LogP contribution in [0.15, 0.2) is 10.7 Å². The minimum Gasteiger partial charge on any atom is -0.341 e. The summed E-state index contributed by atoms with van der Waals surface area (Å²) in [7, 11) is 3.46. The molecule has 0 aliphatic rings. The fourth-order valence-electron chi connectivity index (χ4n) is 2.46. The molecule has 0 aliphatic heterocycles. The molecule has 6 nitrogen and oxygen atoms in total. The smallest absolute Gasteiger partial charge is 0.341 e. The van der Waals surface area contributed by atoms with Crippen LogP contribution in [0.2, 0.25) is 0 Å². The number of nitrogens with zero attached hydrogens (tertiary/aromatic N) is 5. The lowest BCUT2D eigenvalue weighted by Gasteiger charge is -2.17. The molecule has 10 heteroatoms. The van der Waals surface area contributed by atoms with Gasteiger partial charge in [0.2, 0.25) is 5.91 Å². The van der Waals surface area contributed by atoms with Crippen molar-refractivity contribution in [1.29, 1.82) is 0 Å². The first-order valence-corrected chi connectivity index (χ1v) is 8.33. The highest BCUT2D eigenvalue weighted by atomic mass is 79.9. The van der Waals surface area contributed by atoms with Gasteiger partial charge < -0.3 is 4.90 Å². The molecule has 0 atom stereocenters. The molecule has 0 saturated carbocycles. The summed E-state index contributed by atoms with van der Waals surface area (Å²) in [5.74, 6) is -0.178. The highest BCUT2D eigenvalue weighted by molar-refractivity contribution is 9.10. The van der Waals surface area contributed by atoms with Crippen LogP contribution in [0, 0.1) is 13.8 Å². The maximum Gasteiger partial charge on any atom is 0.436 e. The second-order valence-corrected chi connectivity index (χ2v) is 6.68. The molecule has 138 valence electrons. The molecule has 0 aromatic carbocycles. The van der Waals surface area contributed by atoms with Crippen molar-refractivity contribution in [3.05, 3.63) is 33.3 Å². The Labute approximate surface area is 151 Å². The lowest BCUT2D eigenvalue weighted by atomic mass is 10.2. The third-order valence-electron chi connectivity index (χ3n) is 3.89. The first-order chi connectivity index (χ1) is 11.5. The number of aromatic nitrogens is 4. The van der Waals surface area contributed by atoms with Gasteiger partial charge in [-0.15, -0.1) is 0 Å². The molecule has 0 aliphatic carbocycles. The standard InChI is InChI=1S/C15H19BrF3N5O/c1-9-11(8-23(4)20-9)7-22(3)12(25)5-6-24-10(2)13(16)14(21-24)15(17,18)19/h8H,5-7H2,1-4H3. The van der Waals surface area contributed by atoms with Crippen molar-refractivity contribution in [2.75, 3.05) is 7.05 Å². The van der Waals surface area contributed by atoms with Crippen molar-refractivity contribution in [3.63, 3.8) is 0 Å². The summed E-state index contributed by atoms with van der Waals surface area (Å²) < 4.78 is 41.4. The van der Waals surface area contributed by atoms with E-state index >= 15 is 0 Å². The van der Waals surface area contributed by atoms with Crippen LogP contribution in [-0.4, -0.2) is 37.4 Å². The third kappa shape index (κ3) is 4.42. The summed E-state index contributed by atoms with van der Waals surface area (Å²) in [6.45, 7) is 3.86. The highest BCUT2D eigenvalue weighted by Crippen LogP contribution is 2.35. The quantitative estimate of drug-likeness (QED) is 0.745. The minimum atomic E-state index is -4.53. The van der Waals surface area contributed by atoms with Crippen LogP contribution < -0.4 is 0 Å². The predicted octanol–water partition coefficient (Wildman–Crippen LogP) is 3.06. The summed E-state index contributed by atoms with van der Waals surface area (Å²) in [5, 5.41) is 7.79. The van der Waals surface area contributed by atoms with Gasteiger partial charge in [0.05, 0.1) is 22.4 Å². The van der Waals surface area contributed by atoms with Crippen molar-refractivity contribution in [2.45, 2.75) is 39.5 Å². The first kappa shape index (κ1) is 19.5. The van der Waals surface area contributed by atoms with Gasteiger partial charge in [-0.1, -0.05) is 0 Å². The zero-order chi connectivity index (χ0) is 18.9. The highest BCUT2D eigenvalue weighted by Gasteiger charge is 2.37. The lowest BCUT2D eigenvalue weighted by Crippen LogP contribution is -2.27. The molecule has 0 radical (unpaired) electrons. The van der Waals surface area contributed by atoms with Gasteiger partial charge in [-0.25, -0.2) is 0 Å². The van der Waals surface area contributed by atoms with Gasteiger partial charge >= 0.3 is 6.18 Å². The van der Waals surface area contributed by atoms with E-state index in [1.165, 1.54) is 16.5 Å².